The Bertz CT molecular complexity index is 525. The van der Waals surface area contributed by atoms with Crippen LogP contribution in [0.4, 0.5) is 0 Å². The fourth-order valence-electron chi connectivity index (χ4n) is 1.38. The van der Waals surface area contributed by atoms with Crippen LogP contribution in [-0.4, -0.2) is 0 Å². The zero-order valence-corrected chi connectivity index (χ0v) is 10.6. The molecule has 0 bridgehead atoms. The molecule has 0 saturated heterocycles. The van der Waals surface area contributed by atoms with E-state index in [1.807, 2.05) is 36.4 Å². The highest BCUT2D eigenvalue weighted by Gasteiger charge is 2.01. The van der Waals surface area contributed by atoms with E-state index in [4.69, 9.17) is 14.4 Å². The van der Waals surface area contributed by atoms with E-state index in [0.717, 1.165) is 17.1 Å². The van der Waals surface area contributed by atoms with Crippen molar-refractivity contribution in [1.29, 1.82) is 5.26 Å². The summed E-state index contributed by atoms with van der Waals surface area (Å²) in [5.41, 5.74) is 0.987. The van der Waals surface area contributed by atoms with Crippen LogP contribution in [-0.2, 0) is 13.0 Å². The lowest BCUT2D eigenvalue weighted by Crippen LogP contribution is -1.93. The van der Waals surface area contributed by atoms with Gasteiger partial charge in [0.1, 0.15) is 18.1 Å². The van der Waals surface area contributed by atoms with Crippen molar-refractivity contribution in [3.8, 4) is 11.8 Å². The molecule has 4 heteroatoms. The molecule has 0 aliphatic heterocycles. The topological polar surface area (TPSA) is 46.2 Å². The van der Waals surface area contributed by atoms with E-state index >= 15 is 0 Å². The van der Waals surface area contributed by atoms with Gasteiger partial charge in [-0.2, -0.15) is 5.26 Å². The maximum Gasteiger partial charge on any atom is 0.169 e. The standard InChI is InChI=1S/C13H10BrNO2/c14-13-6-5-12(17-13)9-16-11-3-1-10(2-4-11)7-8-15/h1-6H,7,9H2. The van der Waals surface area contributed by atoms with E-state index in [-0.39, 0.29) is 0 Å². The molecule has 0 N–H and O–H groups in total. The maximum atomic E-state index is 8.55. The Morgan fingerprint density at radius 3 is 2.53 bits per heavy atom. The summed E-state index contributed by atoms with van der Waals surface area (Å²) in [6.45, 7) is 0.392. The summed E-state index contributed by atoms with van der Waals surface area (Å²) in [7, 11) is 0. The number of ether oxygens (including phenoxy) is 1. The summed E-state index contributed by atoms with van der Waals surface area (Å²) < 4.78 is 11.6. The van der Waals surface area contributed by atoms with Gasteiger partial charge in [-0.15, -0.1) is 0 Å². The Morgan fingerprint density at radius 2 is 1.94 bits per heavy atom. The second kappa shape index (κ2) is 5.55. The molecular formula is C13H10BrNO2. The molecule has 0 amide bonds. The number of nitrogens with zero attached hydrogens (tertiary/aromatic N) is 1. The molecule has 0 atom stereocenters. The highest BCUT2D eigenvalue weighted by atomic mass is 79.9. The Labute approximate surface area is 108 Å². The lowest BCUT2D eigenvalue weighted by Gasteiger charge is -2.04. The zero-order valence-electron chi connectivity index (χ0n) is 9.02. The van der Waals surface area contributed by atoms with Crippen LogP contribution in [0.15, 0.2) is 45.5 Å². The zero-order chi connectivity index (χ0) is 12.1. The summed E-state index contributed by atoms with van der Waals surface area (Å²) in [5, 5.41) is 8.55. The molecule has 1 aromatic carbocycles. The number of furan rings is 1. The van der Waals surface area contributed by atoms with Gasteiger partial charge < -0.3 is 9.15 Å². The van der Waals surface area contributed by atoms with Crippen LogP contribution in [0.3, 0.4) is 0 Å². The van der Waals surface area contributed by atoms with E-state index in [2.05, 4.69) is 22.0 Å². The average molecular weight is 292 g/mol. The molecule has 0 radical (unpaired) electrons. The summed E-state index contributed by atoms with van der Waals surface area (Å²) in [6.07, 6.45) is 0.422. The molecule has 0 unspecified atom stereocenters. The molecule has 86 valence electrons. The van der Waals surface area contributed by atoms with Crippen molar-refractivity contribution in [1.82, 2.24) is 0 Å². The molecule has 2 aromatic rings. The smallest absolute Gasteiger partial charge is 0.169 e. The van der Waals surface area contributed by atoms with Crippen LogP contribution in [0, 0.1) is 11.3 Å². The van der Waals surface area contributed by atoms with Crippen molar-refractivity contribution in [2.24, 2.45) is 0 Å². The van der Waals surface area contributed by atoms with E-state index in [0.29, 0.717) is 17.7 Å². The van der Waals surface area contributed by atoms with Gasteiger partial charge in [0.15, 0.2) is 4.67 Å². The largest absolute Gasteiger partial charge is 0.486 e. The second-order valence-corrected chi connectivity index (χ2v) is 4.25. The second-order valence-electron chi connectivity index (χ2n) is 3.47. The van der Waals surface area contributed by atoms with Crippen molar-refractivity contribution in [3.05, 3.63) is 52.4 Å². The van der Waals surface area contributed by atoms with Crippen LogP contribution in [0.5, 0.6) is 5.75 Å². The number of hydrogen-bond donors (Lipinski definition) is 0. The quantitative estimate of drug-likeness (QED) is 0.863. The first-order chi connectivity index (χ1) is 8.28. The number of halogens is 1. The fraction of sp³-hybridized carbons (Fsp3) is 0.154. The van der Waals surface area contributed by atoms with Gasteiger partial charge in [-0.1, -0.05) is 12.1 Å². The third-order valence-corrected chi connectivity index (χ3v) is 2.64. The Morgan fingerprint density at radius 1 is 1.18 bits per heavy atom. The van der Waals surface area contributed by atoms with Gasteiger partial charge in [0.05, 0.1) is 12.5 Å². The Hall–Kier alpha value is -1.73. The molecule has 0 fully saturated rings. The number of rotatable bonds is 4. The lowest BCUT2D eigenvalue weighted by molar-refractivity contribution is 0.267. The van der Waals surface area contributed by atoms with Crippen LogP contribution in [0.25, 0.3) is 0 Å². The van der Waals surface area contributed by atoms with Gasteiger partial charge >= 0.3 is 0 Å². The maximum absolute atomic E-state index is 8.55. The average Bonchev–Trinajstić information content (AvgIpc) is 2.75. The first-order valence-electron chi connectivity index (χ1n) is 5.11. The normalized spacial score (nSPS) is 9.88. The molecule has 17 heavy (non-hydrogen) atoms. The minimum atomic E-state index is 0.392. The summed E-state index contributed by atoms with van der Waals surface area (Å²) in [4.78, 5) is 0. The molecule has 2 rings (SSSR count). The van der Waals surface area contributed by atoms with Crippen molar-refractivity contribution >= 4 is 15.9 Å². The monoisotopic (exact) mass is 291 g/mol. The van der Waals surface area contributed by atoms with Gasteiger partial charge in [0, 0.05) is 0 Å². The van der Waals surface area contributed by atoms with Crippen molar-refractivity contribution < 1.29 is 9.15 Å². The highest BCUT2D eigenvalue weighted by molar-refractivity contribution is 9.10. The van der Waals surface area contributed by atoms with E-state index in [1.54, 1.807) is 0 Å². The Kier molecular flexibility index (Phi) is 3.84. The van der Waals surface area contributed by atoms with Gasteiger partial charge in [-0.25, -0.2) is 0 Å². The molecule has 0 saturated carbocycles. The van der Waals surface area contributed by atoms with Gasteiger partial charge in [-0.05, 0) is 45.8 Å². The highest BCUT2D eigenvalue weighted by Crippen LogP contribution is 2.17. The number of hydrogen-bond acceptors (Lipinski definition) is 3. The van der Waals surface area contributed by atoms with Gasteiger partial charge in [0.25, 0.3) is 0 Å². The van der Waals surface area contributed by atoms with E-state index < -0.39 is 0 Å². The molecule has 0 spiro atoms. The van der Waals surface area contributed by atoms with Crippen LogP contribution in [0.2, 0.25) is 0 Å². The van der Waals surface area contributed by atoms with Crippen molar-refractivity contribution in [2.45, 2.75) is 13.0 Å². The predicted octanol–water partition coefficient (Wildman–Crippen LogP) is 3.69. The summed E-state index contributed by atoms with van der Waals surface area (Å²) >= 11 is 3.23. The molecule has 0 aliphatic carbocycles. The van der Waals surface area contributed by atoms with Gasteiger partial charge in [-0.3, -0.25) is 0 Å². The van der Waals surface area contributed by atoms with Crippen molar-refractivity contribution in [2.75, 3.05) is 0 Å². The molecule has 1 heterocycles. The third kappa shape index (κ3) is 3.36. The SMILES string of the molecule is N#CCc1ccc(OCc2ccc(Br)o2)cc1. The molecule has 1 aromatic heterocycles. The van der Waals surface area contributed by atoms with Crippen LogP contribution >= 0.6 is 15.9 Å². The van der Waals surface area contributed by atoms with E-state index in [1.165, 1.54) is 0 Å². The van der Waals surface area contributed by atoms with Gasteiger partial charge in [0.2, 0.25) is 0 Å². The third-order valence-electron chi connectivity index (χ3n) is 2.22. The predicted molar refractivity (Wildman–Crippen MR) is 66.5 cm³/mol. The lowest BCUT2D eigenvalue weighted by atomic mass is 10.2. The first-order valence-corrected chi connectivity index (χ1v) is 5.90. The van der Waals surface area contributed by atoms with Crippen LogP contribution in [0.1, 0.15) is 11.3 Å². The van der Waals surface area contributed by atoms with Crippen LogP contribution < -0.4 is 4.74 Å². The molecular weight excluding hydrogens is 282 g/mol. The summed E-state index contributed by atoms with van der Waals surface area (Å²) in [5.74, 6) is 1.53. The Balaban J connectivity index is 1.93. The fourth-order valence-corrected chi connectivity index (χ4v) is 1.72. The van der Waals surface area contributed by atoms with Crippen molar-refractivity contribution in [3.63, 3.8) is 0 Å². The first kappa shape index (κ1) is 11.7. The number of nitriles is 1. The molecule has 3 nitrogen and oxygen atoms in total. The molecule has 0 aliphatic rings. The van der Waals surface area contributed by atoms with E-state index in [9.17, 15) is 0 Å². The minimum absolute atomic E-state index is 0.392. The number of benzene rings is 1. The summed E-state index contributed by atoms with van der Waals surface area (Å²) in [6, 6.07) is 13.3. The minimum Gasteiger partial charge on any atom is -0.486 e.